The van der Waals surface area contributed by atoms with Crippen LogP contribution in [0.15, 0.2) is 30.5 Å². The van der Waals surface area contributed by atoms with Gasteiger partial charge < -0.3 is 9.64 Å². The maximum absolute atomic E-state index is 9.48. The number of nitrogens with zero attached hydrogens (tertiary/aromatic N) is 3. The van der Waals surface area contributed by atoms with Gasteiger partial charge in [0, 0.05) is 37.1 Å². The quantitative estimate of drug-likeness (QED) is 0.848. The molecule has 1 aromatic carbocycles. The second kappa shape index (κ2) is 5.45. The Labute approximate surface area is 124 Å². The highest BCUT2D eigenvalue weighted by Gasteiger charge is 2.17. The van der Waals surface area contributed by atoms with Crippen LogP contribution in [0.3, 0.4) is 0 Å². The molecule has 0 radical (unpaired) electrons. The van der Waals surface area contributed by atoms with Gasteiger partial charge in [0.05, 0.1) is 18.7 Å². The molecule has 2 heterocycles. The van der Waals surface area contributed by atoms with Gasteiger partial charge in [0.25, 0.3) is 0 Å². The molecule has 1 aliphatic rings. The van der Waals surface area contributed by atoms with E-state index in [0.29, 0.717) is 11.4 Å². The van der Waals surface area contributed by atoms with Crippen LogP contribution in [0.5, 0.6) is 5.88 Å². The molecule has 21 heavy (non-hydrogen) atoms. The van der Waals surface area contributed by atoms with Crippen molar-refractivity contribution in [1.82, 2.24) is 4.98 Å². The maximum atomic E-state index is 9.48. The topological polar surface area (TPSA) is 49.1 Å². The zero-order valence-corrected chi connectivity index (χ0v) is 12.3. The molecule has 0 N–H and O–H groups in total. The molecule has 0 atom stereocenters. The molecule has 2 aromatic rings. The lowest BCUT2D eigenvalue weighted by Crippen LogP contribution is -2.24. The highest BCUT2D eigenvalue weighted by molar-refractivity contribution is 5.76. The predicted molar refractivity (Wildman–Crippen MR) is 82.5 cm³/mol. The average molecular weight is 279 g/mol. The molecule has 0 amide bonds. The number of hydrogen-bond donors (Lipinski definition) is 0. The molecular formula is C17H17N3O. The van der Waals surface area contributed by atoms with Crippen molar-refractivity contribution in [3.8, 4) is 23.1 Å². The fourth-order valence-corrected chi connectivity index (χ4v) is 2.84. The Kier molecular flexibility index (Phi) is 3.49. The largest absolute Gasteiger partial charge is 0.481 e. The molecule has 0 saturated carbocycles. The standard InChI is InChI=1S/C17H17N3O/c1-20-7-3-4-13-8-15(14(11-18)9-16(13)20)12-5-6-19-17(10-12)21-2/h5-6,8-10H,3-4,7H2,1-2H3. The monoisotopic (exact) mass is 279 g/mol. The first-order chi connectivity index (χ1) is 10.2. The van der Waals surface area contributed by atoms with Crippen LogP contribution < -0.4 is 9.64 Å². The van der Waals surface area contributed by atoms with Crippen LogP contribution >= 0.6 is 0 Å². The summed E-state index contributed by atoms with van der Waals surface area (Å²) in [5.74, 6) is 0.561. The van der Waals surface area contributed by atoms with E-state index in [1.54, 1.807) is 13.3 Å². The second-order valence-electron chi connectivity index (χ2n) is 5.25. The van der Waals surface area contributed by atoms with Gasteiger partial charge in [0.1, 0.15) is 0 Å². The van der Waals surface area contributed by atoms with Gasteiger partial charge in [-0.05, 0) is 42.2 Å². The van der Waals surface area contributed by atoms with Crippen molar-refractivity contribution in [2.24, 2.45) is 0 Å². The summed E-state index contributed by atoms with van der Waals surface area (Å²) in [6.07, 6.45) is 3.91. The highest BCUT2D eigenvalue weighted by atomic mass is 16.5. The molecule has 1 aromatic heterocycles. The Bertz CT molecular complexity index is 718. The van der Waals surface area contributed by atoms with Crippen molar-refractivity contribution in [2.75, 3.05) is 25.6 Å². The number of methoxy groups -OCH3 is 1. The van der Waals surface area contributed by atoms with Crippen molar-refractivity contribution in [3.05, 3.63) is 41.6 Å². The first-order valence-electron chi connectivity index (χ1n) is 7.01. The smallest absolute Gasteiger partial charge is 0.213 e. The fourth-order valence-electron chi connectivity index (χ4n) is 2.84. The molecular weight excluding hydrogens is 262 g/mol. The molecule has 0 saturated heterocycles. The Morgan fingerprint density at radius 2 is 2.19 bits per heavy atom. The van der Waals surface area contributed by atoms with Crippen LogP contribution in [0.25, 0.3) is 11.1 Å². The molecule has 3 rings (SSSR count). The SMILES string of the molecule is COc1cc(-c2cc3c(cc2C#N)N(C)CCC3)ccn1. The lowest BCUT2D eigenvalue weighted by atomic mass is 9.93. The molecule has 0 bridgehead atoms. The van der Waals surface area contributed by atoms with Crippen LogP contribution in [0.4, 0.5) is 5.69 Å². The van der Waals surface area contributed by atoms with Crippen molar-refractivity contribution >= 4 is 5.69 Å². The fraction of sp³-hybridized carbons (Fsp3) is 0.294. The number of rotatable bonds is 2. The van der Waals surface area contributed by atoms with E-state index < -0.39 is 0 Å². The summed E-state index contributed by atoms with van der Waals surface area (Å²) in [7, 11) is 3.67. The Balaban J connectivity index is 2.16. The van der Waals surface area contributed by atoms with E-state index in [4.69, 9.17) is 4.74 Å². The van der Waals surface area contributed by atoms with Gasteiger partial charge in [-0.25, -0.2) is 4.98 Å². The molecule has 106 valence electrons. The highest BCUT2D eigenvalue weighted by Crippen LogP contribution is 2.34. The molecule has 0 unspecified atom stereocenters. The van der Waals surface area contributed by atoms with Gasteiger partial charge >= 0.3 is 0 Å². The number of anilines is 1. The maximum Gasteiger partial charge on any atom is 0.213 e. The molecule has 0 spiro atoms. The minimum absolute atomic E-state index is 0.561. The summed E-state index contributed by atoms with van der Waals surface area (Å²) in [5.41, 5.74) is 5.08. The summed E-state index contributed by atoms with van der Waals surface area (Å²) in [6.45, 7) is 1.04. The van der Waals surface area contributed by atoms with Gasteiger partial charge in [0.2, 0.25) is 5.88 Å². The van der Waals surface area contributed by atoms with Crippen LogP contribution in [-0.4, -0.2) is 25.7 Å². The van der Waals surface area contributed by atoms with Crippen LogP contribution in [0.2, 0.25) is 0 Å². The van der Waals surface area contributed by atoms with E-state index in [9.17, 15) is 5.26 Å². The van der Waals surface area contributed by atoms with Gasteiger partial charge in [-0.15, -0.1) is 0 Å². The summed E-state index contributed by atoms with van der Waals surface area (Å²) in [4.78, 5) is 6.34. The minimum atomic E-state index is 0.561. The van der Waals surface area contributed by atoms with Gasteiger partial charge in [-0.3, -0.25) is 0 Å². The number of aryl methyl sites for hydroxylation is 1. The van der Waals surface area contributed by atoms with E-state index in [2.05, 4.69) is 29.1 Å². The number of benzene rings is 1. The molecule has 1 aliphatic heterocycles. The Morgan fingerprint density at radius 3 is 2.95 bits per heavy atom. The van der Waals surface area contributed by atoms with Crippen LogP contribution in [0.1, 0.15) is 17.5 Å². The van der Waals surface area contributed by atoms with E-state index in [1.165, 1.54) is 11.3 Å². The van der Waals surface area contributed by atoms with Crippen molar-refractivity contribution in [2.45, 2.75) is 12.8 Å². The van der Waals surface area contributed by atoms with E-state index >= 15 is 0 Å². The van der Waals surface area contributed by atoms with E-state index in [0.717, 1.165) is 30.5 Å². The lowest BCUT2D eigenvalue weighted by molar-refractivity contribution is 0.398. The normalized spacial score (nSPS) is 13.5. The average Bonchev–Trinajstić information content (AvgIpc) is 2.54. The molecule has 4 nitrogen and oxygen atoms in total. The first kappa shape index (κ1) is 13.4. The third-order valence-electron chi connectivity index (χ3n) is 3.95. The third kappa shape index (κ3) is 2.43. The number of nitriles is 1. The molecule has 0 aliphatic carbocycles. The second-order valence-corrected chi connectivity index (χ2v) is 5.25. The number of pyridine rings is 1. The third-order valence-corrected chi connectivity index (χ3v) is 3.95. The van der Waals surface area contributed by atoms with Crippen molar-refractivity contribution in [1.29, 1.82) is 5.26 Å². The number of hydrogen-bond acceptors (Lipinski definition) is 4. The van der Waals surface area contributed by atoms with Crippen LogP contribution in [-0.2, 0) is 6.42 Å². The number of ether oxygens (including phenoxy) is 1. The van der Waals surface area contributed by atoms with Crippen molar-refractivity contribution < 1.29 is 4.74 Å². The molecule has 0 fully saturated rings. The molecule has 4 heteroatoms. The zero-order valence-electron chi connectivity index (χ0n) is 12.3. The Morgan fingerprint density at radius 1 is 1.33 bits per heavy atom. The van der Waals surface area contributed by atoms with Gasteiger partial charge in [-0.1, -0.05) is 0 Å². The minimum Gasteiger partial charge on any atom is -0.481 e. The van der Waals surface area contributed by atoms with Gasteiger partial charge in [-0.2, -0.15) is 5.26 Å². The number of fused-ring (bicyclic) bond motifs is 1. The lowest BCUT2D eigenvalue weighted by Gasteiger charge is -2.28. The summed E-state index contributed by atoms with van der Waals surface area (Å²) in [5, 5.41) is 9.48. The van der Waals surface area contributed by atoms with Crippen molar-refractivity contribution in [3.63, 3.8) is 0 Å². The first-order valence-corrected chi connectivity index (χ1v) is 7.01. The predicted octanol–water partition coefficient (Wildman–Crippen LogP) is 3.01. The van der Waals surface area contributed by atoms with E-state index in [1.807, 2.05) is 18.2 Å². The summed E-state index contributed by atoms with van der Waals surface area (Å²) in [6, 6.07) is 10.2. The van der Waals surface area contributed by atoms with E-state index in [-0.39, 0.29) is 0 Å². The van der Waals surface area contributed by atoms with Gasteiger partial charge in [0.15, 0.2) is 0 Å². The summed E-state index contributed by atoms with van der Waals surface area (Å²) < 4.78 is 5.18. The zero-order chi connectivity index (χ0) is 14.8. The number of aromatic nitrogens is 1. The summed E-state index contributed by atoms with van der Waals surface area (Å²) >= 11 is 0. The van der Waals surface area contributed by atoms with Crippen LogP contribution in [0, 0.1) is 11.3 Å². The Hall–Kier alpha value is -2.54.